The smallest absolute Gasteiger partial charge is 0.321 e. The number of fused-ring (bicyclic) bond motifs is 5. The molecule has 0 saturated heterocycles. The fourth-order valence-electron chi connectivity index (χ4n) is 7.40. The number of carboxylic acid groups (broad SMARTS) is 1. The third-order valence-electron chi connectivity index (χ3n) is 11.7. The molecule has 0 aliphatic carbocycles. The van der Waals surface area contributed by atoms with Crippen molar-refractivity contribution >= 4 is 33.9 Å². The molecule has 392 valence electrons. The Balaban J connectivity index is 1.63. The molecule has 1 aliphatic heterocycles. The molecule has 3 amide bonds. The number of aromatic nitrogens is 2. The second-order valence-corrected chi connectivity index (χ2v) is 18.8. The van der Waals surface area contributed by atoms with Crippen LogP contribution in [-0.2, 0) is 36.9 Å². The van der Waals surface area contributed by atoms with Gasteiger partial charge in [0.05, 0.1) is 17.3 Å². The molecule has 7 atom stereocenters. The van der Waals surface area contributed by atoms with E-state index in [0.717, 1.165) is 24.2 Å². The Morgan fingerprint density at radius 3 is 2.18 bits per heavy atom. The van der Waals surface area contributed by atoms with Crippen molar-refractivity contribution in [3.63, 3.8) is 0 Å². The van der Waals surface area contributed by atoms with Crippen LogP contribution in [0.1, 0.15) is 59.6 Å². The van der Waals surface area contributed by atoms with E-state index >= 15 is 0 Å². The summed E-state index contributed by atoms with van der Waals surface area (Å²) in [7, 11) is -3.44. The van der Waals surface area contributed by atoms with Gasteiger partial charge in [0.1, 0.15) is 55.5 Å². The van der Waals surface area contributed by atoms with E-state index in [1.54, 1.807) is 0 Å². The van der Waals surface area contributed by atoms with Gasteiger partial charge in [-0.25, -0.2) is 23.9 Å². The summed E-state index contributed by atoms with van der Waals surface area (Å²) in [6, 6.07) is 5.57. The predicted octanol–water partition coefficient (Wildman–Crippen LogP) is -0.518. The summed E-state index contributed by atoms with van der Waals surface area (Å²) < 4.78 is 67.5. The van der Waals surface area contributed by atoms with Crippen molar-refractivity contribution in [3.05, 3.63) is 88.7 Å². The number of amides is 3. The first-order chi connectivity index (χ1) is 33.8. The van der Waals surface area contributed by atoms with Crippen LogP contribution in [0.2, 0.25) is 0 Å². The maximum Gasteiger partial charge on any atom is 0.321 e. The van der Waals surface area contributed by atoms with Gasteiger partial charge in [0.25, 0.3) is 22.0 Å². The quantitative estimate of drug-likeness (QED) is 0.0562. The minimum absolute atomic E-state index is 0.00556. The Kier molecular flexibility index (Phi) is 18.7. The van der Waals surface area contributed by atoms with Gasteiger partial charge in [0.15, 0.2) is 17.3 Å². The summed E-state index contributed by atoms with van der Waals surface area (Å²) in [6.45, 7) is 3.31. The number of aryl methyl sites for hydroxylation is 1. The standard InChI is InChI=1S/C46H60F2N10O13S/c1-22(2)46(47,48)28-9-7-26(8-10-28)40-52-18-33(23(3)54-40)42(63)57-35(19-53-72(51,68)69)44(65)58(5)38-27-14-32(39(61)37(15-27)71-21-30(60)17-50)31-12-25(6-11-36(31)70-20-29(59)16-49)13-34(45(66)67)56-41(62)24(4)55-43(38)64/h6-12,14-15,18,22,24,29-30,34-35,38,41,53,56,59-62H,13,16-17,19-21,49-50H2,1-5H3,(H,55,64)(H,57,63)(H,66,67)(H2,51,68,69)/t24-,29+,30+,34-,35-,38-,41?/m0/s1. The number of benzene rings is 3. The number of halogens is 2. The van der Waals surface area contributed by atoms with Crippen LogP contribution in [0.3, 0.4) is 0 Å². The highest BCUT2D eigenvalue weighted by atomic mass is 32.2. The Bertz CT molecular complexity index is 2720. The number of aromatic hydroxyl groups is 1. The predicted molar refractivity (Wildman–Crippen MR) is 255 cm³/mol. The maximum atomic E-state index is 14.8. The molecular weight excluding hydrogens is 971 g/mol. The lowest BCUT2D eigenvalue weighted by Crippen LogP contribution is -2.57. The summed E-state index contributed by atoms with van der Waals surface area (Å²) in [5, 5.41) is 66.7. The highest BCUT2D eigenvalue weighted by Crippen LogP contribution is 2.45. The normalized spacial score (nSPS) is 18.8. The van der Waals surface area contributed by atoms with Crippen molar-refractivity contribution < 1.29 is 71.4 Å². The van der Waals surface area contributed by atoms with Gasteiger partial charge < -0.3 is 62.0 Å². The number of hydrogen-bond acceptors (Lipinski definition) is 17. The van der Waals surface area contributed by atoms with Gasteiger partial charge in [-0.05, 0) is 55.7 Å². The summed E-state index contributed by atoms with van der Waals surface area (Å²) >= 11 is 0. The Morgan fingerprint density at radius 2 is 1.61 bits per heavy atom. The van der Waals surface area contributed by atoms with Gasteiger partial charge in [-0.3, -0.25) is 24.5 Å². The van der Waals surface area contributed by atoms with Gasteiger partial charge in [-0.15, -0.1) is 0 Å². The number of phenols is 1. The van der Waals surface area contributed by atoms with Crippen LogP contribution in [0, 0.1) is 12.8 Å². The van der Waals surface area contributed by atoms with E-state index in [1.165, 1.54) is 76.2 Å². The highest BCUT2D eigenvalue weighted by molar-refractivity contribution is 7.87. The minimum atomic E-state index is -4.55. The van der Waals surface area contributed by atoms with E-state index in [4.69, 9.17) is 26.1 Å². The molecule has 3 aromatic carbocycles. The van der Waals surface area contributed by atoms with Crippen LogP contribution in [0.5, 0.6) is 17.2 Å². The van der Waals surface area contributed by atoms with E-state index in [2.05, 4.69) is 25.9 Å². The lowest BCUT2D eigenvalue weighted by molar-refractivity contribution is -0.142. The number of carboxylic acids is 1. The Labute approximate surface area is 413 Å². The maximum absolute atomic E-state index is 14.8. The van der Waals surface area contributed by atoms with Crippen molar-refractivity contribution in [2.24, 2.45) is 22.5 Å². The molecule has 2 heterocycles. The van der Waals surface area contributed by atoms with Crippen molar-refractivity contribution in [1.82, 2.24) is 35.5 Å². The molecule has 0 saturated carbocycles. The number of nitrogens with two attached hydrogens (primary N) is 3. The fraction of sp³-hybridized carbons (Fsp3) is 0.435. The summed E-state index contributed by atoms with van der Waals surface area (Å²) in [6.07, 6.45) is -3.31. The van der Waals surface area contributed by atoms with Crippen molar-refractivity contribution in [2.45, 2.75) is 82.6 Å². The zero-order valence-corrected chi connectivity index (χ0v) is 40.7. The number of nitrogens with one attached hydrogen (secondary N) is 4. The van der Waals surface area contributed by atoms with Crippen LogP contribution in [0.15, 0.2) is 60.8 Å². The number of hydrogen-bond donors (Lipinski definition) is 12. The van der Waals surface area contributed by atoms with E-state index in [0.29, 0.717) is 11.1 Å². The van der Waals surface area contributed by atoms with Gasteiger partial charge in [-0.2, -0.15) is 13.1 Å². The second kappa shape index (κ2) is 23.8. The zero-order valence-electron chi connectivity index (χ0n) is 39.9. The van der Waals surface area contributed by atoms with Crippen molar-refractivity contribution in [3.8, 4) is 39.8 Å². The van der Waals surface area contributed by atoms with E-state index in [1.807, 2.05) is 4.72 Å². The molecule has 0 radical (unpaired) electrons. The monoisotopic (exact) mass is 1030 g/mol. The van der Waals surface area contributed by atoms with Crippen LogP contribution < -0.4 is 46.8 Å². The summed E-state index contributed by atoms with van der Waals surface area (Å²) in [4.78, 5) is 65.4. The van der Waals surface area contributed by atoms with E-state index < -0.39 is 107 Å². The van der Waals surface area contributed by atoms with Crippen LogP contribution in [-0.4, -0.2) is 149 Å². The van der Waals surface area contributed by atoms with Crippen molar-refractivity contribution in [2.75, 3.05) is 39.9 Å². The fourth-order valence-corrected chi connectivity index (χ4v) is 7.80. The number of nitrogens with zero attached hydrogens (tertiary/aromatic N) is 3. The van der Waals surface area contributed by atoms with Crippen LogP contribution in [0.4, 0.5) is 8.78 Å². The number of phenolic OH excluding ortho intramolecular Hbond substituents is 1. The van der Waals surface area contributed by atoms with Gasteiger partial charge >= 0.3 is 5.97 Å². The number of aliphatic hydroxyl groups is 3. The molecule has 0 fully saturated rings. The van der Waals surface area contributed by atoms with Gasteiger partial charge in [0, 0.05) is 61.1 Å². The average molecular weight is 1030 g/mol. The number of likely N-dealkylation sites (N-methyl/N-ethyl adjacent to an activating group) is 1. The third kappa shape index (κ3) is 13.9. The number of aliphatic hydroxyl groups excluding tert-OH is 3. The lowest BCUT2D eigenvalue weighted by Gasteiger charge is -2.33. The number of rotatable bonds is 19. The number of alkyl halides is 2. The third-order valence-corrected chi connectivity index (χ3v) is 12.2. The van der Waals surface area contributed by atoms with Gasteiger partial charge in [0.2, 0.25) is 11.8 Å². The molecule has 5 rings (SSSR count). The molecule has 23 nitrogen and oxygen atoms in total. The minimum Gasteiger partial charge on any atom is -0.504 e. The van der Waals surface area contributed by atoms with E-state index in [9.17, 15) is 61.9 Å². The molecule has 4 bridgehead atoms. The summed E-state index contributed by atoms with van der Waals surface area (Å²) in [5.41, 5.74) is 11.3. The number of ether oxygens (including phenoxy) is 2. The van der Waals surface area contributed by atoms with Gasteiger partial charge in [-0.1, -0.05) is 44.2 Å². The topological polar surface area (TPSA) is 377 Å². The molecule has 1 unspecified atom stereocenters. The second-order valence-electron chi connectivity index (χ2n) is 17.5. The largest absolute Gasteiger partial charge is 0.504 e. The molecule has 15 N–H and O–H groups in total. The Morgan fingerprint density at radius 1 is 0.986 bits per heavy atom. The number of carbonyl (C=O) groups is 4. The number of aliphatic carboxylic acids is 1. The lowest BCUT2D eigenvalue weighted by atomic mass is 9.93. The van der Waals surface area contributed by atoms with E-state index in [-0.39, 0.29) is 77.0 Å². The molecule has 0 spiro atoms. The molecule has 1 aromatic heterocycles. The highest BCUT2D eigenvalue weighted by Gasteiger charge is 2.38. The molecular formula is C46H60F2N10O13S. The molecule has 4 aromatic rings. The van der Waals surface area contributed by atoms with Crippen LogP contribution >= 0.6 is 0 Å². The number of carbonyl (C=O) groups excluding carboxylic acids is 3. The zero-order chi connectivity index (χ0) is 53.4. The molecule has 72 heavy (non-hydrogen) atoms. The molecule has 26 heteroatoms. The first-order valence-electron chi connectivity index (χ1n) is 22.4. The summed E-state index contributed by atoms with van der Waals surface area (Å²) in [5.74, 6) is -9.58. The first-order valence-corrected chi connectivity index (χ1v) is 24.0. The SMILES string of the molecule is Cc1nc(-c2ccc(C(F)(F)C(C)C)cc2)ncc1C(=O)N[C@@H](CNS(N)(=O)=O)C(=O)N(C)[C@@H]1C(=O)N[C@@H](C)C(O)N[C@H](C(=O)O)Cc2ccc(OC[C@H](O)CN)c(c2)-c2cc1cc(OC[C@H](O)CN)c2O. The average Bonchev–Trinajstić information content (AvgIpc) is 3.33. The van der Waals surface area contributed by atoms with Crippen LogP contribution in [0.25, 0.3) is 22.5 Å². The first kappa shape index (κ1) is 56.4. The molecule has 1 aliphatic rings. The van der Waals surface area contributed by atoms with Crippen molar-refractivity contribution in [1.29, 1.82) is 0 Å². The Hall–Kier alpha value is -6.49.